The largest absolute Gasteiger partial charge is 0.485 e. The Balaban J connectivity index is 1.62. The third-order valence-corrected chi connectivity index (χ3v) is 5.04. The van der Waals surface area contributed by atoms with Crippen molar-refractivity contribution < 1.29 is 28.6 Å². The van der Waals surface area contributed by atoms with Gasteiger partial charge in [0.25, 0.3) is 5.91 Å². The minimum absolute atomic E-state index is 0.0851. The van der Waals surface area contributed by atoms with Crippen molar-refractivity contribution in [3.63, 3.8) is 0 Å². The van der Waals surface area contributed by atoms with Gasteiger partial charge in [0.15, 0.2) is 19.0 Å². The highest BCUT2D eigenvalue weighted by molar-refractivity contribution is 6.30. The van der Waals surface area contributed by atoms with Crippen molar-refractivity contribution in [3.05, 3.63) is 53.1 Å². The van der Waals surface area contributed by atoms with Gasteiger partial charge in [-0.2, -0.15) is 0 Å². The Morgan fingerprint density at radius 2 is 2.06 bits per heavy atom. The van der Waals surface area contributed by atoms with E-state index in [1.54, 1.807) is 54.5 Å². The molecule has 8 nitrogen and oxygen atoms in total. The molecule has 170 valence electrons. The van der Waals surface area contributed by atoms with Gasteiger partial charge in [-0.05, 0) is 42.8 Å². The van der Waals surface area contributed by atoms with Gasteiger partial charge in [-0.25, -0.2) is 0 Å². The van der Waals surface area contributed by atoms with E-state index in [-0.39, 0.29) is 37.2 Å². The van der Waals surface area contributed by atoms with Crippen LogP contribution in [-0.4, -0.2) is 57.6 Å². The molecule has 1 heterocycles. The van der Waals surface area contributed by atoms with E-state index >= 15 is 0 Å². The van der Waals surface area contributed by atoms with Crippen LogP contribution in [0.15, 0.2) is 42.5 Å². The lowest BCUT2D eigenvalue weighted by molar-refractivity contribution is -0.123. The second-order valence-electron chi connectivity index (χ2n) is 7.13. The molecule has 2 aromatic carbocycles. The first-order chi connectivity index (χ1) is 15.5. The second kappa shape index (κ2) is 11.5. The number of hydrogen-bond donors (Lipinski definition) is 1. The van der Waals surface area contributed by atoms with E-state index in [9.17, 15) is 14.4 Å². The molecule has 0 saturated heterocycles. The maximum Gasteiger partial charge on any atom is 0.265 e. The van der Waals surface area contributed by atoms with Crippen LogP contribution in [0, 0.1) is 0 Å². The fourth-order valence-corrected chi connectivity index (χ4v) is 3.37. The Morgan fingerprint density at radius 1 is 1.22 bits per heavy atom. The van der Waals surface area contributed by atoms with E-state index in [0.717, 1.165) is 0 Å². The lowest BCUT2D eigenvalue weighted by atomic mass is 10.1. The molecule has 1 aliphatic rings. The van der Waals surface area contributed by atoms with Gasteiger partial charge in [0, 0.05) is 37.2 Å². The summed E-state index contributed by atoms with van der Waals surface area (Å²) in [5, 5.41) is 3.26. The number of fused-ring (bicyclic) bond motifs is 1. The minimum Gasteiger partial charge on any atom is -0.485 e. The highest BCUT2D eigenvalue weighted by Crippen LogP contribution is 2.33. The molecule has 0 radical (unpaired) electrons. The number of ether oxygens (including phenoxy) is 3. The van der Waals surface area contributed by atoms with Crippen LogP contribution in [-0.2, 0) is 14.3 Å². The molecule has 1 aliphatic heterocycles. The van der Waals surface area contributed by atoms with Crippen molar-refractivity contribution >= 4 is 34.9 Å². The van der Waals surface area contributed by atoms with Gasteiger partial charge < -0.3 is 24.4 Å². The minimum atomic E-state index is -0.247. The van der Waals surface area contributed by atoms with Crippen molar-refractivity contribution in [1.82, 2.24) is 5.32 Å². The van der Waals surface area contributed by atoms with Crippen molar-refractivity contribution in [2.75, 3.05) is 44.9 Å². The summed E-state index contributed by atoms with van der Waals surface area (Å²) in [6.45, 7) is 0.966. The van der Waals surface area contributed by atoms with Crippen LogP contribution < -0.4 is 19.7 Å². The number of ketones is 1. The number of hydrogen-bond acceptors (Lipinski definition) is 6. The molecule has 1 N–H and O–H groups in total. The number of benzene rings is 2. The summed E-state index contributed by atoms with van der Waals surface area (Å²) in [6.07, 6.45) is 0.746. The first kappa shape index (κ1) is 23.6. The van der Waals surface area contributed by atoms with Gasteiger partial charge in [0.05, 0.1) is 12.3 Å². The standard InChI is InChI=1S/C23H25ClN2O6/c1-30-11-9-25-22(28)6-3-10-26-19-12-16(7-8-21(19)32-15-23(26)29)20(27)14-31-18-5-2-4-17(24)13-18/h2,4-5,7-8,12-13H,3,6,9-11,14-15H2,1H3,(H,25,28). The average molecular weight is 461 g/mol. The Labute approximate surface area is 191 Å². The lowest BCUT2D eigenvalue weighted by Gasteiger charge is -2.29. The van der Waals surface area contributed by atoms with Crippen LogP contribution in [0.4, 0.5) is 5.69 Å². The Kier molecular flexibility index (Phi) is 8.47. The molecule has 2 amide bonds. The zero-order chi connectivity index (χ0) is 22.9. The summed E-state index contributed by atoms with van der Waals surface area (Å²) in [7, 11) is 1.57. The molecule has 0 unspecified atom stereocenters. The van der Waals surface area contributed by atoms with Crippen molar-refractivity contribution in [3.8, 4) is 11.5 Å². The predicted molar refractivity (Wildman–Crippen MR) is 120 cm³/mol. The molecule has 2 aromatic rings. The lowest BCUT2D eigenvalue weighted by Crippen LogP contribution is -2.40. The third-order valence-electron chi connectivity index (χ3n) is 4.80. The number of nitrogens with zero attached hydrogens (tertiary/aromatic N) is 1. The maximum absolute atomic E-state index is 12.6. The molecule has 0 atom stereocenters. The Morgan fingerprint density at radius 3 is 2.84 bits per heavy atom. The number of rotatable bonds is 11. The average Bonchev–Trinajstić information content (AvgIpc) is 2.79. The molecular formula is C23H25ClN2O6. The number of Topliss-reactive ketones (excluding diaryl/α,β-unsaturated/α-hetero) is 1. The monoisotopic (exact) mass is 460 g/mol. The molecule has 0 aromatic heterocycles. The SMILES string of the molecule is COCCNC(=O)CCCN1C(=O)COc2ccc(C(=O)COc3cccc(Cl)c3)cc21. The summed E-state index contributed by atoms with van der Waals surface area (Å²) >= 11 is 5.93. The van der Waals surface area contributed by atoms with Crippen LogP contribution in [0.5, 0.6) is 11.5 Å². The summed E-state index contributed by atoms with van der Waals surface area (Å²) in [5.41, 5.74) is 0.904. The highest BCUT2D eigenvalue weighted by atomic mass is 35.5. The van der Waals surface area contributed by atoms with E-state index in [0.29, 0.717) is 53.9 Å². The number of nitrogens with one attached hydrogen (secondary N) is 1. The van der Waals surface area contributed by atoms with E-state index in [1.807, 2.05) is 0 Å². The second-order valence-corrected chi connectivity index (χ2v) is 7.57. The number of halogens is 1. The zero-order valence-electron chi connectivity index (χ0n) is 17.8. The molecule has 3 rings (SSSR count). The Bertz CT molecular complexity index is 981. The summed E-state index contributed by atoms with van der Waals surface area (Å²) in [4.78, 5) is 38.5. The molecule has 9 heteroatoms. The van der Waals surface area contributed by atoms with Crippen molar-refractivity contribution in [2.45, 2.75) is 12.8 Å². The van der Waals surface area contributed by atoms with Crippen LogP contribution in [0.1, 0.15) is 23.2 Å². The molecule has 0 fully saturated rings. The van der Waals surface area contributed by atoms with Gasteiger partial charge in [0.2, 0.25) is 5.91 Å². The van der Waals surface area contributed by atoms with E-state index < -0.39 is 0 Å². The highest BCUT2D eigenvalue weighted by Gasteiger charge is 2.26. The fourth-order valence-electron chi connectivity index (χ4n) is 3.19. The molecule has 0 aliphatic carbocycles. The smallest absolute Gasteiger partial charge is 0.265 e. The number of carbonyl (C=O) groups excluding carboxylic acids is 3. The third kappa shape index (κ3) is 6.45. The summed E-state index contributed by atoms with van der Waals surface area (Å²) < 4.78 is 15.9. The molecule has 0 spiro atoms. The molecule has 0 bridgehead atoms. The van der Waals surface area contributed by atoms with Gasteiger partial charge >= 0.3 is 0 Å². The first-order valence-electron chi connectivity index (χ1n) is 10.2. The van der Waals surface area contributed by atoms with Gasteiger partial charge in [-0.3, -0.25) is 14.4 Å². The molecule has 32 heavy (non-hydrogen) atoms. The Hall–Kier alpha value is -3.10. The van der Waals surface area contributed by atoms with Gasteiger partial charge in [-0.15, -0.1) is 0 Å². The van der Waals surface area contributed by atoms with Gasteiger partial charge in [0.1, 0.15) is 11.5 Å². The fraction of sp³-hybridized carbons (Fsp3) is 0.348. The number of anilines is 1. The zero-order valence-corrected chi connectivity index (χ0v) is 18.5. The summed E-state index contributed by atoms with van der Waals surface area (Å²) in [6, 6.07) is 11.7. The molecular weight excluding hydrogens is 436 g/mol. The van der Waals surface area contributed by atoms with Crippen molar-refractivity contribution in [2.24, 2.45) is 0 Å². The molecule has 0 saturated carbocycles. The van der Waals surface area contributed by atoms with E-state index in [1.165, 1.54) is 0 Å². The van der Waals surface area contributed by atoms with Gasteiger partial charge in [-0.1, -0.05) is 17.7 Å². The summed E-state index contributed by atoms with van der Waals surface area (Å²) in [5.74, 6) is 0.430. The topological polar surface area (TPSA) is 94.2 Å². The predicted octanol–water partition coefficient (Wildman–Crippen LogP) is 2.87. The normalized spacial score (nSPS) is 12.7. The van der Waals surface area contributed by atoms with E-state index in [4.69, 9.17) is 25.8 Å². The van der Waals surface area contributed by atoms with E-state index in [2.05, 4.69) is 5.32 Å². The van der Waals surface area contributed by atoms with Crippen molar-refractivity contribution in [1.29, 1.82) is 0 Å². The first-order valence-corrected chi connectivity index (χ1v) is 10.6. The number of amides is 2. The maximum atomic E-state index is 12.6. The number of methoxy groups -OCH3 is 1. The van der Waals surface area contributed by atoms with Crippen LogP contribution in [0.25, 0.3) is 0 Å². The number of carbonyl (C=O) groups is 3. The van der Waals surface area contributed by atoms with Crippen LogP contribution in [0.2, 0.25) is 5.02 Å². The van der Waals surface area contributed by atoms with Crippen LogP contribution in [0.3, 0.4) is 0 Å². The quantitative estimate of drug-likeness (QED) is 0.409. The van der Waals surface area contributed by atoms with Crippen LogP contribution >= 0.6 is 11.6 Å².